The topological polar surface area (TPSA) is 56.1 Å². The Morgan fingerprint density at radius 1 is 1.15 bits per heavy atom. The summed E-state index contributed by atoms with van der Waals surface area (Å²) in [4.78, 5) is 16.3. The molecule has 26 heavy (non-hydrogen) atoms. The molecule has 1 heterocycles. The van der Waals surface area contributed by atoms with Crippen LogP contribution in [0, 0.1) is 0 Å². The Kier molecular flexibility index (Phi) is 5.78. The fourth-order valence-corrected chi connectivity index (χ4v) is 2.70. The summed E-state index contributed by atoms with van der Waals surface area (Å²) in [6.07, 6.45) is 2.78. The summed E-state index contributed by atoms with van der Waals surface area (Å²) in [5, 5.41) is 2.86. The molecular formula is C19H19F2N3O2. The number of nitrogens with zero attached hydrogens (tertiary/aromatic N) is 2. The second-order valence-electron chi connectivity index (χ2n) is 5.83. The number of aryl methyl sites for hydroxylation is 1. The minimum Gasteiger partial charge on any atom is -0.435 e. The van der Waals surface area contributed by atoms with E-state index in [1.807, 2.05) is 24.3 Å². The van der Waals surface area contributed by atoms with Gasteiger partial charge < -0.3 is 14.6 Å². The molecular weight excluding hydrogens is 340 g/mol. The molecule has 0 unspecified atom stereocenters. The summed E-state index contributed by atoms with van der Waals surface area (Å²) in [5.41, 5.74) is 2.77. The van der Waals surface area contributed by atoms with E-state index in [2.05, 4.69) is 19.6 Å². The van der Waals surface area contributed by atoms with E-state index in [-0.39, 0.29) is 18.1 Å². The molecule has 0 fully saturated rings. The van der Waals surface area contributed by atoms with Crippen LogP contribution >= 0.6 is 0 Å². The number of benzene rings is 2. The minimum atomic E-state index is -2.85. The number of aromatic nitrogens is 2. The van der Waals surface area contributed by atoms with Gasteiger partial charge in [0.25, 0.3) is 0 Å². The lowest BCUT2D eigenvalue weighted by Crippen LogP contribution is -2.26. The number of alkyl halides is 2. The molecule has 0 saturated carbocycles. The molecule has 1 amide bonds. The molecule has 0 bridgehead atoms. The van der Waals surface area contributed by atoms with E-state index < -0.39 is 6.61 Å². The van der Waals surface area contributed by atoms with Gasteiger partial charge in [-0.3, -0.25) is 4.79 Å². The van der Waals surface area contributed by atoms with E-state index in [0.717, 1.165) is 29.6 Å². The Morgan fingerprint density at radius 3 is 2.69 bits per heavy atom. The number of nitrogens with one attached hydrogen (secondary N) is 1. The lowest BCUT2D eigenvalue weighted by atomic mass is 10.1. The number of hydrogen-bond acceptors (Lipinski definition) is 3. The summed E-state index contributed by atoms with van der Waals surface area (Å²) in [5.74, 6) is -0.0280. The number of rotatable bonds is 8. The van der Waals surface area contributed by atoms with Crippen molar-refractivity contribution in [3.05, 3.63) is 60.4 Å². The van der Waals surface area contributed by atoms with Gasteiger partial charge in [0, 0.05) is 13.1 Å². The van der Waals surface area contributed by atoms with Gasteiger partial charge in [-0.2, -0.15) is 8.78 Å². The Bertz CT molecular complexity index is 863. The van der Waals surface area contributed by atoms with Crippen molar-refractivity contribution in [2.24, 2.45) is 0 Å². The molecule has 3 aromatic rings. The van der Waals surface area contributed by atoms with Gasteiger partial charge in [-0.05, 0) is 36.2 Å². The summed E-state index contributed by atoms with van der Waals surface area (Å²) in [6.45, 7) is -1.53. The van der Waals surface area contributed by atoms with Gasteiger partial charge in [-0.15, -0.1) is 0 Å². The highest BCUT2D eigenvalue weighted by Gasteiger charge is 2.06. The highest BCUT2D eigenvalue weighted by molar-refractivity contribution is 5.78. The van der Waals surface area contributed by atoms with E-state index in [1.54, 1.807) is 18.5 Å². The monoisotopic (exact) mass is 359 g/mol. The number of amides is 1. The van der Waals surface area contributed by atoms with Crippen LogP contribution in [0.1, 0.15) is 12.0 Å². The summed E-state index contributed by atoms with van der Waals surface area (Å²) >= 11 is 0. The van der Waals surface area contributed by atoms with Crippen LogP contribution in [0.3, 0.4) is 0 Å². The first-order chi connectivity index (χ1) is 12.6. The first-order valence-corrected chi connectivity index (χ1v) is 8.32. The molecule has 2 aromatic carbocycles. The van der Waals surface area contributed by atoms with Crippen molar-refractivity contribution < 1.29 is 18.3 Å². The van der Waals surface area contributed by atoms with Crippen LogP contribution in [0.25, 0.3) is 11.0 Å². The van der Waals surface area contributed by atoms with Gasteiger partial charge in [0.05, 0.1) is 23.8 Å². The van der Waals surface area contributed by atoms with Crippen LogP contribution < -0.4 is 10.1 Å². The third-order valence-corrected chi connectivity index (χ3v) is 3.94. The fraction of sp³-hybridized carbons (Fsp3) is 0.263. The predicted octanol–water partition coefficient (Wildman–Crippen LogP) is 3.39. The fourth-order valence-electron chi connectivity index (χ4n) is 2.70. The molecule has 0 radical (unpaired) electrons. The molecule has 136 valence electrons. The number of imidazole rings is 1. The maximum atomic E-state index is 12.1. The van der Waals surface area contributed by atoms with Crippen LogP contribution in [0.4, 0.5) is 8.78 Å². The van der Waals surface area contributed by atoms with Crippen LogP contribution in [0.2, 0.25) is 0 Å². The maximum absolute atomic E-state index is 12.1. The summed E-state index contributed by atoms with van der Waals surface area (Å²) < 4.78 is 30.5. The van der Waals surface area contributed by atoms with Gasteiger partial charge in [0.15, 0.2) is 0 Å². The van der Waals surface area contributed by atoms with Crippen molar-refractivity contribution in [3.63, 3.8) is 0 Å². The van der Waals surface area contributed by atoms with Crippen molar-refractivity contribution >= 4 is 16.9 Å². The average molecular weight is 359 g/mol. The van der Waals surface area contributed by atoms with E-state index in [9.17, 15) is 13.6 Å². The number of carbonyl (C=O) groups is 1. The first-order valence-electron chi connectivity index (χ1n) is 8.32. The lowest BCUT2D eigenvalue weighted by Gasteiger charge is -2.08. The van der Waals surface area contributed by atoms with Gasteiger partial charge in [-0.25, -0.2) is 4.98 Å². The third kappa shape index (κ3) is 4.78. The van der Waals surface area contributed by atoms with Crippen molar-refractivity contribution in [3.8, 4) is 5.75 Å². The first kappa shape index (κ1) is 17.8. The molecule has 5 nitrogen and oxygen atoms in total. The van der Waals surface area contributed by atoms with Crippen molar-refractivity contribution in [2.45, 2.75) is 26.0 Å². The van der Waals surface area contributed by atoms with Crippen LogP contribution in [-0.4, -0.2) is 28.6 Å². The molecule has 1 aromatic heterocycles. The molecule has 0 aliphatic carbocycles. The minimum absolute atomic E-state index is 0.0803. The van der Waals surface area contributed by atoms with E-state index in [1.165, 1.54) is 12.1 Å². The maximum Gasteiger partial charge on any atom is 0.387 e. The highest BCUT2D eigenvalue weighted by Crippen LogP contribution is 2.15. The highest BCUT2D eigenvalue weighted by atomic mass is 19.3. The van der Waals surface area contributed by atoms with Gasteiger partial charge in [-0.1, -0.05) is 24.3 Å². The third-order valence-electron chi connectivity index (χ3n) is 3.94. The molecule has 0 atom stereocenters. The standard InChI is InChI=1S/C19H19F2N3O2/c20-19(21)26-15-8-6-14(7-9-15)12-18(25)22-10-3-11-24-13-23-16-4-1-2-5-17(16)24/h1-2,4-9,13,19H,3,10-12H2,(H,22,25). The number of para-hydroxylation sites is 2. The molecule has 0 saturated heterocycles. The average Bonchev–Trinajstić information content (AvgIpc) is 3.03. The van der Waals surface area contributed by atoms with E-state index >= 15 is 0 Å². The van der Waals surface area contributed by atoms with Crippen LogP contribution in [0.15, 0.2) is 54.9 Å². The normalized spacial score (nSPS) is 11.0. The molecule has 7 heteroatoms. The second-order valence-corrected chi connectivity index (χ2v) is 5.83. The van der Waals surface area contributed by atoms with Crippen LogP contribution in [-0.2, 0) is 17.8 Å². The van der Waals surface area contributed by atoms with Gasteiger partial charge >= 0.3 is 6.61 Å². The zero-order valence-corrected chi connectivity index (χ0v) is 14.1. The van der Waals surface area contributed by atoms with Gasteiger partial charge in [0.1, 0.15) is 5.75 Å². The van der Waals surface area contributed by atoms with Gasteiger partial charge in [0.2, 0.25) is 5.91 Å². The Morgan fingerprint density at radius 2 is 1.92 bits per heavy atom. The summed E-state index contributed by atoms with van der Waals surface area (Å²) in [6, 6.07) is 14.0. The number of carbonyl (C=O) groups excluding carboxylic acids is 1. The zero-order valence-electron chi connectivity index (χ0n) is 14.1. The van der Waals surface area contributed by atoms with E-state index in [0.29, 0.717) is 6.54 Å². The Labute approximate surface area is 149 Å². The Hall–Kier alpha value is -2.96. The van der Waals surface area contributed by atoms with Crippen LogP contribution in [0.5, 0.6) is 5.75 Å². The predicted molar refractivity (Wildman–Crippen MR) is 94.1 cm³/mol. The van der Waals surface area contributed by atoms with Crippen molar-refractivity contribution in [2.75, 3.05) is 6.54 Å². The van der Waals surface area contributed by atoms with Crippen molar-refractivity contribution in [1.82, 2.24) is 14.9 Å². The quantitative estimate of drug-likeness (QED) is 0.627. The smallest absolute Gasteiger partial charge is 0.387 e. The second kappa shape index (κ2) is 8.42. The number of fused-ring (bicyclic) bond motifs is 1. The van der Waals surface area contributed by atoms with Crippen molar-refractivity contribution in [1.29, 1.82) is 0 Å². The Balaban J connectivity index is 1.41. The molecule has 0 aliphatic heterocycles. The number of hydrogen-bond donors (Lipinski definition) is 1. The molecule has 3 rings (SSSR count). The molecule has 1 N–H and O–H groups in total. The molecule has 0 spiro atoms. The van der Waals surface area contributed by atoms with E-state index in [4.69, 9.17) is 0 Å². The summed E-state index contributed by atoms with van der Waals surface area (Å²) in [7, 11) is 0. The lowest BCUT2D eigenvalue weighted by molar-refractivity contribution is -0.120. The number of ether oxygens (including phenoxy) is 1. The molecule has 0 aliphatic rings. The number of halogens is 2. The SMILES string of the molecule is O=C(Cc1ccc(OC(F)F)cc1)NCCCn1cnc2ccccc21. The largest absolute Gasteiger partial charge is 0.435 e. The zero-order chi connectivity index (χ0) is 18.4.